The van der Waals surface area contributed by atoms with Gasteiger partial charge in [0.05, 0.1) is 6.34 Å². The monoisotopic (exact) mass is 142 g/mol. The van der Waals surface area contributed by atoms with Gasteiger partial charge in [-0.15, -0.1) is 0 Å². The molecule has 1 N–H and O–H groups in total. The van der Waals surface area contributed by atoms with Gasteiger partial charge in [0.1, 0.15) is 5.70 Å². The van der Waals surface area contributed by atoms with Gasteiger partial charge in [-0.2, -0.15) is 0 Å². The Hall–Kier alpha value is -1.32. The van der Waals surface area contributed by atoms with Crippen LogP contribution < -0.4 is 0 Å². The molecule has 0 rings (SSSR count). The molecule has 0 radical (unpaired) electrons. The van der Waals surface area contributed by atoms with Crippen molar-refractivity contribution in [2.75, 3.05) is 14.1 Å². The molecule has 0 aliphatic heterocycles. The van der Waals surface area contributed by atoms with E-state index in [2.05, 4.69) is 11.6 Å². The van der Waals surface area contributed by atoms with E-state index in [4.69, 9.17) is 5.11 Å². The summed E-state index contributed by atoms with van der Waals surface area (Å²) in [5.74, 6) is -1.10. The maximum Gasteiger partial charge on any atom is 0.353 e. The van der Waals surface area contributed by atoms with Crippen LogP contribution in [0.25, 0.3) is 0 Å². The lowest BCUT2D eigenvalue weighted by Gasteiger charge is -2.00. The third-order valence-corrected chi connectivity index (χ3v) is 0.691. The number of rotatable bonds is 3. The molecule has 10 heavy (non-hydrogen) atoms. The quantitative estimate of drug-likeness (QED) is 0.347. The maximum atomic E-state index is 10.1. The minimum atomic E-state index is -1.10. The minimum absolute atomic E-state index is 0.159. The highest BCUT2D eigenvalue weighted by Crippen LogP contribution is 1.89. The van der Waals surface area contributed by atoms with E-state index in [0.717, 1.165) is 0 Å². The summed E-state index contributed by atoms with van der Waals surface area (Å²) in [6, 6.07) is 0. The molecule has 0 aromatic rings. The van der Waals surface area contributed by atoms with Gasteiger partial charge in [-0.1, -0.05) is 6.58 Å². The summed E-state index contributed by atoms with van der Waals surface area (Å²) < 4.78 is 0. The van der Waals surface area contributed by atoms with Crippen molar-refractivity contribution in [3.05, 3.63) is 12.3 Å². The fraction of sp³-hybridized carbons (Fsp3) is 0.333. The Morgan fingerprint density at radius 3 is 2.50 bits per heavy atom. The third-order valence-electron chi connectivity index (χ3n) is 0.691. The van der Waals surface area contributed by atoms with E-state index in [9.17, 15) is 4.79 Å². The summed E-state index contributed by atoms with van der Waals surface area (Å²) in [6.07, 6.45) is 1.39. The molecular weight excluding hydrogens is 132 g/mol. The number of nitrogens with zero attached hydrogens (tertiary/aromatic N) is 2. The van der Waals surface area contributed by atoms with Gasteiger partial charge in [-0.3, -0.25) is 0 Å². The van der Waals surface area contributed by atoms with Gasteiger partial charge in [-0.05, 0) is 0 Å². The Morgan fingerprint density at radius 2 is 2.20 bits per heavy atom. The summed E-state index contributed by atoms with van der Waals surface area (Å²) in [5, 5.41) is 8.26. The van der Waals surface area contributed by atoms with Crippen LogP contribution in [0.2, 0.25) is 0 Å². The molecule has 0 unspecified atom stereocenters. The lowest BCUT2D eigenvalue weighted by atomic mass is 10.5. The largest absolute Gasteiger partial charge is 0.477 e. The SMILES string of the molecule is C=C(/N=C/N(C)C)C(=O)O. The second kappa shape index (κ2) is 3.66. The Labute approximate surface area is 59.5 Å². The molecular formula is C6H10N2O2. The fourth-order valence-corrected chi connectivity index (χ4v) is 0.240. The van der Waals surface area contributed by atoms with Crippen LogP contribution >= 0.6 is 0 Å². The molecule has 56 valence electrons. The predicted octanol–water partition coefficient (Wildman–Crippen LogP) is 0.175. The van der Waals surface area contributed by atoms with Crippen molar-refractivity contribution in [2.24, 2.45) is 4.99 Å². The Morgan fingerprint density at radius 1 is 1.70 bits per heavy atom. The highest BCUT2D eigenvalue weighted by Gasteiger charge is 1.98. The first-order valence-corrected chi connectivity index (χ1v) is 2.67. The lowest BCUT2D eigenvalue weighted by Crippen LogP contribution is -2.09. The van der Waals surface area contributed by atoms with Gasteiger partial charge >= 0.3 is 5.97 Å². The first-order valence-electron chi connectivity index (χ1n) is 2.67. The molecule has 0 aliphatic carbocycles. The topological polar surface area (TPSA) is 52.9 Å². The number of carboxylic acid groups (broad SMARTS) is 1. The number of aliphatic imine (C=N–C) groups is 1. The van der Waals surface area contributed by atoms with Crippen LogP contribution in [0.1, 0.15) is 0 Å². The molecule has 0 fully saturated rings. The number of aliphatic carboxylic acids is 1. The first kappa shape index (κ1) is 8.68. The van der Waals surface area contributed by atoms with Crippen molar-refractivity contribution in [2.45, 2.75) is 0 Å². The Kier molecular flexibility index (Phi) is 3.17. The minimum Gasteiger partial charge on any atom is -0.477 e. The summed E-state index contributed by atoms with van der Waals surface area (Å²) in [7, 11) is 3.50. The van der Waals surface area contributed by atoms with Crippen LogP contribution in [0, 0.1) is 0 Å². The molecule has 0 aromatic carbocycles. The molecule has 4 nitrogen and oxygen atoms in total. The molecule has 0 aliphatic rings. The fourth-order valence-electron chi connectivity index (χ4n) is 0.240. The van der Waals surface area contributed by atoms with E-state index in [1.807, 2.05) is 0 Å². The van der Waals surface area contributed by atoms with Gasteiger partial charge in [0.25, 0.3) is 0 Å². The van der Waals surface area contributed by atoms with Crippen molar-refractivity contribution in [3.63, 3.8) is 0 Å². The Balaban J connectivity index is 3.91. The Bertz CT molecular complexity index is 173. The van der Waals surface area contributed by atoms with Crippen LogP contribution in [0.3, 0.4) is 0 Å². The lowest BCUT2D eigenvalue weighted by molar-refractivity contribution is -0.132. The maximum absolute atomic E-state index is 10.1. The molecule has 0 heterocycles. The van der Waals surface area contributed by atoms with E-state index in [1.165, 1.54) is 6.34 Å². The van der Waals surface area contributed by atoms with Gasteiger partial charge in [-0.25, -0.2) is 9.79 Å². The summed E-state index contributed by atoms with van der Waals surface area (Å²) in [5.41, 5.74) is -0.159. The van der Waals surface area contributed by atoms with Gasteiger partial charge in [0.15, 0.2) is 0 Å². The molecule has 4 heteroatoms. The van der Waals surface area contributed by atoms with E-state index in [-0.39, 0.29) is 5.70 Å². The van der Waals surface area contributed by atoms with E-state index in [0.29, 0.717) is 0 Å². The number of carbonyl (C=O) groups is 1. The zero-order valence-electron chi connectivity index (χ0n) is 6.03. The van der Waals surface area contributed by atoms with Crippen molar-refractivity contribution in [3.8, 4) is 0 Å². The number of carboxylic acids is 1. The highest BCUT2D eigenvalue weighted by molar-refractivity contribution is 5.87. The van der Waals surface area contributed by atoms with E-state index < -0.39 is 5.97 Å². The number of hydrogen-bond acceptors (Lipinski definition) is 2. The van der Waals surface area contributed by atoms with Crippen molar-refractivity contribution >= 4 is 12.3 Å². The summed E-state index contributed by atoms with van der Waals surface area (Å²) in [4.78, 5) is 15.2. The van der Waals surface area contributed by atoms with Crippen molar-refractivity contribution in [1.29, 1.82) is 0 Å². The zero-order valence-corrected chi connectivity index (χ0v) is 6.03. The molecule has 0 atom stereocenters. The van der Waals surface area contributed by atoms with Gasteiger partial charge in [0, 0.05) is 14.1 Å². The predicted molar refractivity (Wildman–Crippen MR) is 39.0 cm³/mol. The zero-order chi connectivity index (χ0) is 8.15. The first-order chi connectivity index (χ1) is 4.54. The van der Waals surface area contributed by atoms with Crippen LogP contribution in [0.15, 0.2) is 17.3 Å². The molecule has 0 spiro atoms. The average Bonchev–Trinajstić information content (AvgIpc) is 1.82. The molecule has 0 amide bonds. The van der Waals surface area contributed by atoms with Crippen LogP contribution in [0.5, 0.6) is 0 Å². The van der Waals surface area contributed by atoms with Crippen LogP contribution in [-0.2, 0) is 4.79 Å². The van der Waals surface area contributed by atoms with E-state index in [1.54, 1.807) is 19.0 Å². The van der Waals surface area contributed by atoms with Gasteiger partial charge < -0.3 is 10.0 Å². The van der Waals surface area contributed by atoms with Crippen LogP contribution in [-0.4, -0.2) is 36.4 Å². The molecule has 0 aromatic heterocycles. The standard InChI is InChI=1S/C6H10N2O2/c1-5(6(9)10)7-4-8(2)3/h4H,1H2,2-3H3,(H,9,10)/b7-4+. The normalized spacial score (nSPS) is 9.80. The van der Waals surface area contributed by atoms with E-state index >= 15 is 0 Å². The van der Waals surface area contributed by atoms with Crippen LogP contribution in [0.4, 0.5) is 0 Å². The average molecular weight is 142 g/mol. The second-order valence-electron chi connectivity index (χ2n) is 1.96. The molecule has 0 saturated heterocycles. The summed E-state index contributed by atoms with van der Waals surface area (Å²) in [6.45, 7) is 3.20. The molecule has 0 bridgehead atoms. The second-order valence-corrected chi connectivity index (χ2v) is 1.96. The van der Waals surface area contributed by atoms with Gasteiger partial charge in [0.2, 0.25) is 0 Å². The van der Waals surface area contributed by atoms with Crippen molar-refractivity contribution < 1.29 is 9.90 Å². The highest BCUT2D eigenvalue weighted by atomic mass is 16.4. The summed E-state index contributed by atoms with van der Waals surface area (Å²) >= 11 is 0. The molecule has 0 saturated carbocycles. The third kappa shape index (κ3) is 3.65. The number of hydrogen-bond donors (Lipinski definition) is 1. The smallest absolute Gasteiger partial charge is 0.353 e. The van der Waals surface area contributed by atoms with Crippen molar-refractivity contribution in [1.82, 2.24) is 4.90 Å².